The average molecular weight is 295 g/mol. The first-order chi connectivity index (χ1) is 9.95. The van der Waals surface area contributed by atoms with E-state index in [9.17, 15) is 14.0 Å². The minimum atomic E-state index is -0.845. The average Bonchev–Trinajstić information content (AvgIpc) is 2.46. The van der Waals surface area contributed by atoms with Crippen molar-refractivity contribution in [1.82, 2.24) is 4.90 Å². The Labute approximate surface area is 122 Å². The van der Waals surface area contributed by atoms with Gasteiger partial charge in [0.15, 0.2) is 11.6 Å². The highest BCUT2D eigenvalue weighted by atomic mass is 19.1. The van der Waals surface area contributed by atoms with E-state index in [4.69, 9.17) is 9.84 Å². The van der Waals surface area contributed by atoms with Gasteiger partial charge in [-0.2, -0.15) is 0 Å². The zero-order valence-electron chi connectivity index (χ0n) is 12.0. The third kappa shape index (κ3) is 2.99. The number of methoxy groups -OCH3 is 1. The van der Waals surface area contributed by atoms with Crippen LogP contribution in [0.1, 0.15) is 23.7 Å². The molecule has 0 spiro atoms. The van der Waals surface area contributed by atoms with Gasteiger partial charge in [-0.15, -0.1) is 0 Å². The van der Waals surface area contributed by atoms with E-state index in [2.05, 4.69) is 0 Å². The topological polar surface area (TPSA) is 66.8 Å². The summed E-state index contributed by atoms with van der Waals surface area (Å²) in [5.41, 5.74) is -0.0460. The van der Waals surface area contributed by atoms with Gasteiger partial charge in [-0.3, -0.25) is 9.59 Å². The molecule has 0 bridgehead atoms. The van der Waals surface area contributed by atoms with Gasteiger partial charge in [0.2, 0.25) is 0 Å². The monoisotopic (exact) mass is 295 g/mol. The van der Waals surface area contributed by atoms with Gasteiger partial charge in [-0.05, 0) is 24.5 Å². The molecule has 21 heavy (non-hydrogen) atoms. The van der Waals surface area contributed by atoms with E-state index in [1.54, 1.807) is 13.0 Å². The first-order valence-electron chi connectivity index (χ1n) is 6.80. The second-order valence-electron chi connectivity index (χ2n) is 5.28. The Morgan fingerprint density at radius 1 is 1.43 bits per heavy atom. The SMILES string of the molecule is COc1cccc(C(=O)N2CCC(C(=O)O)C(C)C2)c1F. The number of nitrogens with zero attached hydrogens (tertiary/aromatic N) is 1. The minimum Gasteiger partial charge on any atom is -0.494 e. The lowest BCUT2D eigenvalue weighted by molar-refractivity contribution is -0.145. The Morgan fingerprint density at radius 3 is 2.71 bits per heavy atom. The maximum Gasteiger partial charge on any atom is 0.306 e. The number of halogens is 1. The van der Waals surface area contributed by atoms with Gasteiger partial charge in [0.05, 0.1) is 18.6 Å². The number of ether oxygens (including phenoxy) is 1. The molecule has 0 saturated carbocycles. The Kier molecular flexibility index (Phi) is 4.45. The standard InChI is InChI=1S/C15H18FNO4/c1-9-8-17(7-6-10(9)15(19)20)14(18)11-4-3-5-12(21-2)13(11)16/h3-5,9-10H,6-8H2,1-2H3,(H,19,20). The van der Waals surface area contributed by atoms with Gasteiger partial charge in [0.1, 0.15) is 0 Å². The molecule has 1 aliphatic rings. The first-order valence-corrected chi connectivity index (χ1v) is 6.80. The lowest BCUT2D eigenvalue weighted by atomic mass is 9.87. The number of hydrogen-bond donors (Lipinski definition) is 1. The molecule has 1 N–H and O–H groups in total. The number of carbonyl (C=O) groups is 2. The van der Waals surface area contributed by atoms with Gasteiger partial charge >= 0.3 is 5.97 Å². The molecular formula is C15H18FNO4. The molecule has 2 rings (SSSR count). The molecular weight excluding hydrogens is 277 g/mol. The largest absolute Gasteiger partial charge is 0.494 e. The zero-order valence-corrected chi connectivity index (χ0v) is 12.0. The smallest absolute Gasteiger partial charge is 0.306 e. The van der Waals surface area contributed by atoms with Crippen molar-refractivity contribution >= 4 is 11.9 Å². The predicted octanol–water partition coefficient (Wildman–Crippen LogP) is 2.02. The van der Waals surface area contributed by atoms with Crippen LogP contribution in [0.4, 0.5) is 4.39 Å². The van der Waals surface area contributed by atoms with Crippen molar-refractivity contribution in [2.75, 3.05) is 20.2 Å². The predicted molar refractivity (Wildman–Crippen MR) is 73.8 cm³/mol. The van der Waals surface area contributed by atoms with Crippen LogP contribution >= 0.6 is 0 Å². The van der Waals surface area contributed by atoms with Crippen LogP contribution in [0, 0.1) is 17.7 Å². The summed E-state index contributed by atoms with van der Waals surface area (Å²) in [5.74, 6) is -2.55. The summed E-state index contributed by atoms with van der Waals surface area (Å²) in [6.07, 6.45) is 0.383. The molecule has 6 heteroatoms. The highest BCUT2D eigenvalue weighted by Crippen LogP contribution is 2.27. The van der Waals surface area contributed by atoms with E-state index in [-0.39, 0.29) is 17.2 Å². The van der Waals surface area contributed by atoms with Gasteiger partial charge in [0, 0.05) is 13.1 Å². The van der Waals surface area contributed by atoms with Crippen molar-refractivity contribution in [3.8, 4) is 5.75 Å². The lowest BCUT2D eigenvalue weighted by Crippen LogP contribution is -2.45. The number of piperidine rings is 1. The van der Waals surface area contributed by atoms with Crippen molar-refractivity contribution in [3.63, 3.8) is 0 Å². The fraction of sp³-hybridized carbons (Fsp3) is 0.467. The summed E-state index contributed by atoms with van der Waals surface area (Å²) in [6.45, 7) is 2.42. The Morgan fingerprint density at radius 2 is 2.14 bits per heavy atom. The van der Waals surface area contributed by atoms with Crippen molar-refractivity contribution in [1.29, 1.82) is 0 Å². The molecule has 0 aliphatic carbocycles. The van der Waals surface area contributed by atoms with E-state index in [0.717, 1.165) is 0 Å². The third-order valence-corrected chi connectivity index (χ3v) is 3.92. The van der Waals surface area contributed by atoms with Crippen LogP contribution in [-0.4, -0.2) is 42.1 Å². The van der Waals surface area contributed by atoms with Crippen LogP contribution < -0.4 is 4.74 Å². The zero-order chi connectivity index (χ0) is 15.6. The maximum absolute atomic E-state index is 14.1. The van der Waals surface area contributed by atoms with Gasteiger partial charge in [-0.25, -0.2) is 4.39 Å². The second kappa shape index (κ2) is 6.11. The summed E-state index contributed by atoms with van der Waals surface area (Å²) in [5, 5.41) is 9.08. The van der Waals surface area contributed by atoms with E-state index in [1.165, 1.54) is 24.1 Å². The van der Waals surface area contributed by atoms with Crippen LogP contribution in [0.15, 0.2) is 18.2 Å². The van der Waals surface area contributed by atoms with Crippen LogP contribution in [0.5, 0.6) is 5.75 Å². The number of carboxylic acids is 1. The van der Waals surface area contributed by atoms with E-state index >= 15 is 0 Å². The van der Waals surface area contributed by atoms with Gasteiger partial charge in [-0.1, -0.05) is 13.0 Å². The Balaban J connectivity index is 2.17. The highest BCUT2D eigenvalue weighted by Gasteiger charge is 2.34. The second-order valence-corrected chi connectivity index (χ2v) is 5.28. The Bertz CT molecular complexity index is 561. The van der Waals surface area contributed by atoms with Crippen LogP contribution in [0.2, 0.25) is 0 Å². The molecule has 1 aromatic carbocycles. The van der Waals surface area contributed by atoms with E-state index in [0.29, 0.717) is 19.5 Å². The van der Waals surface area contributed by atoms with Gasteiger partial charge < -0.3 is 14.7 Å². The molecule has 1 heterocycles. The molecule has 114 valence electrons. The maximum atomic E-state index is 14.1. The molecule has 2 atom stereocenters. The number of aliphatic carboxylic acids is 1. The summed E-state index contributed by atoms with van der Waals surface area (Å²) >= 11 is 0. The molecule has 2 unspecified atom stereocenters. The molecule has 1 amide bonds. The molecule has 0 radical (unpaired) electrons. The van der Waals surface area contributed by atoms with Crippen molar-refractivity contribution in [3.05, 3.63) is 29.6 Å². The highest BCUT2D eigenvalue weighted by molar-refractivity contribution is 5.95. The molecule has 1 aromatic rings. The lowest BCUT2D eigenvalue weighted by Gasteiger charge is -2.35. The first kappa shape index (κ1) is 15.3. The van der Waals surface area contributed by atoms with E-state index in [1.807, 2.05) is 0 Å². The normalized spacial score (nSPS) is 22.0. The quantitative estimate of drug-likeness (QED) is 0.926. The summed E-state index contributed by atoms with van der Waals surface area (Å²) in [6, 6.07) is 4.42. The van der Waals surface area contributed by atoms with Crippen molar-refractivity contribution in [2.45, 2.75) is 13.3 Å². The summed E-state index contributed by atoms with van der Waals surface area (Å²) in [4.78, 5) is 25.0. The van der Waals surface area contributed by atoms with Crippen molar-refractivity contribution in [2.24, 2.45) is 11.8 Å². The van der Waals surface area contributed by atoms with Crippen molar-refractivity contribution < 1.29 is 23.8 Å². The fourth-order valence-electron chi connectivity index (χ4n) is 2.70. The molecule has 5 nitrogen and oxygen atoms in total. The fourth-order valence-corrected chi connectivity index (χ4v) is 2.70. The summed E-state index contributed by atoms with van der Waals surface area (Å²) < 4.78 is 19.0. The number of benzene rings is 1. The number of hydrogen-bond acceptors (Lipinski definition) is 3. The molecule has 1 fully saturated rings. The third-order valence-electron chi connectivity index (χ3n) is 3.92. The molecule has 0 aromatic heterocycles. The molecule has 1 saturated heterocycles. The van der Waals surface area contributed by atoms with E-state index < -0.39 is 23.6 Å². The number of carbonyl (C=O) groups excluding carboxylic acids is 1. The van der Waals surface area contributed by atoms with Gasteiger partial charge in [0.25, 0.3) is 5.91 Å². The number of rotatable bonds is 3. The number of likely N-dealkylation sites (tertiary alicyclic amines) is 1. The summed E-state index contributed by atoms with van der Waals surface area (Å²) in [7, 11) is 1.34. The number of amides is 1. The number of carboxylic acid groups (broad SMARTS) is 1. The minimum absolute atomic E-state index is 0.0225. The Hall–Kier alpha value is -2.11. The van der Waals surface area contributed by atoms with Crippen LogP contribution in [0.25, 0.3) is 0 Å². The van der Waals surface area contributed by atoms with Crippen LogP contribution in [-0.2, 0) is 4.79 Å². The molecule has 1 aliphatic heterocycles. The van der Waals surface area contributed by atoms with Crippen LogP contribution in [0.3, 0.4) is 0 Å².